The van der Waals surface area contributed by atoms with Gasteiger partial charge in [-0.05, 0) is 24.6 Å². The molecule has 2 heterocycles. The Balaban J connectivity index is 1.96. The van der Waals surface area contributed by atoms with Crippen LogP contribution < -0.4 is 21.5 Å². The predicted octanol–water partition coefficient (Wildman–Crippen LogP) is 1.42. The molecule has 0 saturated carbocycles. The fraction of sp³-hybridized carbons (Fsp3) is 0.700. The van der Waals surface area contributed by atoms with E-state index in [4.69, 9.17) is 5.84 Å². The number of nitrogens with zero attached hydrogens (tertiary/aromatic N) is 4. The Morgan fingerprint density at radius 2 is 1.81 bits per heavy atom. The van der Waals surface area contributed by atoms with Crippen molar-refractivity contribution in [3.05, 3.63) is 0 Å². The number of alkyl halides is 3. The van der Waals surface area contributed by atoms with Gasteiger partial charge in [-0.25, -0.2) is 5.84 Å². The van der Waals surface area contributed by atoms with Crippen molar-refractivity contribution in [3.8, 4) is 0 Å². The van der Waals surface area contributed by atoms with E-state index in [2.05, 4.69) is 25.7 Å². The smallest absolute Gasteiger partial charge is 0.353 e. The Bertz CT molecular complexity index is 464. The molecule has 11 heteroatoms. The minimum absolute atomic E-state index is 0.0921. The maximum atomic E-state index is 12.0. The number of rotatable bonds is 6. The summed E-state index contributed by atoms with van der Waals surface area (Å²) in [5.74, 6) is 6.03. The molecule has 1 saturated heterocycles. The Kier molecular flexibility index (Phi) is 5.28. The number of halogens is 3. The van der Waals surface area contributed by atoms with E-state index in [-0.39, 0.29) is 36.0 Å². The fourth-order valence-electron chi connectivity index (χ4n) is 1.90. The van der Waals surface area contributed by atoms with E-state index in [1.807, 2.05) is 4.90 Å². The molecule has 0 atom stereocenters. The van der Waals surface area contributed by atoms with Crippen molar-refractivity contribution in [2.45, 2.75) is 18.3 Å². The van der Waals surface area contributed by atoms with Crippen LogP contribution in [-0.4, -0.2) is 45.8 Å². The Hall–Kier alpha value is -1.49. The molecule has 4 N–H and O–H groups in total. The third kappa shape index (κ3) is 5.08. The molecule has 0 aromatic carbocycles. The number of nitrogens with one attached hydrogen (secondary N) is 2. The second-order valence-corrected chi connectivity index (χ2v) is 5.50. The van der Waals surface area contributed by atoms with E-state index in [1.165, 1.54) is 0 Å². The summed E-state index contributed by atoms with van der Waals surface area (Å²) in [5.41, 5.74) is -1.90. The molecule has 0 spiro atoms. The summed E-state index contributed by atoms with van der Waals surface area (Å²) in [5, 5.41) is 2.75. The first-order valence-electron chi connectivity index (χ1n) is 6.40. The first-order valence-corrected chi connectivity index (χ1v) is 7.39. The summed E-state index contributed by atoms with van der Waals surface area (Å²) in [6.45, 7) is 1.78. The normalized spacial score (nSPS) is 15.3. The van der Waals surface area contributed by atoms with Gasteiger partial charge in [0.2, 0.25) is 17.8 Å². The number of hydrogen-bond acceptors (Lipinski definition) is 8. The zero-order chi connectivity index (χ0) is 15.3. The number of hydrogen-bond donors (Lipinski definition) is 3. The first-order chi connectivity index (χ1) is 9.98. The second-order valence-electron chi connectivity index (χ2n) is 4.34. The highest BCUT2D eigenvalue weighted by molar-refractivity contribution is 8.00. The molecular weight excluding hydrogens is 307 g/mol. The van der Waals surface area contributed by atoms with Gasteiger partial charge < -0.3 is 10.2 Å². The summed E-state index contributed by atoms with van der Waals surface area (Å²) < 4.78 is 36.1. The van der Waals surface area contributed by atoms with Gasteiger partial charge in [-0.3, -0.25) is 5.43 Å². The molecule has 1 aliphatic heterocycles. The monoisotopic (exact) mass is 323 g/mol. The van der Waals surface area contributed by atoms with Crippen molar-refractivity contribution in [1.29, 1.82) is 0 Å². The SMILES string of the molecule is NNc1nc(NCCSC(F)(F)F)nc(N2CCCC2)n1. The fourth-order valence-corrected chi connectivity index (χ4v) is 2.33. The van der Waals surface area contributed by atoms with Gasteiger partial charge in [-0.2, -0.15) is 28.1 Å². The minimum Gasteiger partial charge on any atom is -0.353 e. The molecule has 0 unspecified atom stereocenters. The molecule has 1 aromatic heterocycles. The molecule has 0 radical (unpaired) electrons. The minimum atomic E-state index is -4.23. The van der Waals surface area contributed by atoms with Gasteiger partial charge in [0, 0.05) is 25.4 Å². The lowest BCUT2D eigenvalue weighted by atomic mass is 10.4. The molecule has 0 bridgehead atoms. The van der Waals surface area contributed by atoms with Crippen molar-refractivity contribution in [3.63, 3.8) is 0 Å². The van der Waals surface area contributed by atoms with Crippen molar-refractivity contribution in [2.24, 2.45) is 5.84 Å². The highest BCUT2D eigenvalue weighted by Crippen LogP contribution is 2.29. The van der Waals surface area contributed by atoms with E-state index in [1.54, 1.807) is 0 Å². The largest absolute Gasteiger partial charge is 0.441 e. The third-order valence-electron chi connectivity index (χ3n) is 2.79. The number of nitrogen functional groups attached to an aromatic ring is 1. The van der Waals surface area contributed by atoms with Crippen LogP contribution >= 0.6 is 11.8 Å². The van der Waals surface area contributed by atoms with Crippen LogP contribution in [0, 0.1) is 0 Å². The predicted molar refractivity (Wildman–Crippen MR) is 76.1 cm³/mol. The van der Waals surface area contributed by atoms with Gasteiger partial charge in [0.1, 0.15) is 0 Å². The molecule has 0 aliphatic carbocycles. The highest BCUT2D eigenvalue weighted by Gasteiger charge is 2.27. The number of anilines is 3. The lowest BCUT2D eigenvalue weighted by Crippen LogP contribution is -2.23. The molecule has 1 fully saturated rings. The zero-order valence-corrected chi connectivity index (χ0v) is 12.0. The summed E-state index contributed by atoms with van der Waals surface area (Å²) in [7, 11) is 0. The molecular formula is C10H16F3N7S. The second kappa shape index (κ2) is 6.98. The maximum absolute atomic E-state index is 12.0. The molecule has 1 aromatic rings. The van der Waals surface area contributed by atoms with Gasteiger partial charge in [0.05, 0.1) is 0 Å². The maximum Gasteiger partial charge on any atom is 0.441 e. The van der Waals surface area contributed by atoms with E-state index < -0.39 is 5.51 Å². The lowest BCUT2D eigenvalue weighted by molar-refractivity contribution is -0.0327. The van der Waals surface area contributed by atoms with E-state index in [0.717, 1.165) is 25.9 Å². The summed E-state index contributed by atoms with van der Waals surface area (Å²) in [4.78, 5) is 14.3. The standard InChI is InChI=1S/C10H16F3N7S/c11-10(12,13)21-6-3-15-7-16-8(19-14)18-9(17-7)20-4-1-2-5-20/h1-6,14H2,(H2,15,16,17,18,19). The van der Waals surface area contributed by atoms with Crippen molar-refractivity contribution in [2.75, 3.05) is 41.0 Å². The van der Waals surface area contributed by atoms with Crippen LogP contribution in [0.3, 0.4) is 0 Å². The van der Waals surface area contributed by atoms with E-state index in [9.17, 15) is 13.2 Å². The number of hydrazine groups is 1. The first kappa shape index (κ1) is 15.9. The Labute approximate surface area is 123 Å². The van der Waals surface area contributed by atoms with Crippen LogP contribution in [-0.2, 0) is 0 Å². The van der Waals surface area contributed by atoms with Crippen LogP contribution in [0.4, 0.5) is 31.0 Å². The average Bonchev–Trinajstić information content (AvgIpc) is 2.96. The van der Waals surface area contributed by atoms with Crippen molar-refractivity contribution >= 4 is 29.6 Å². The Morgan fingerprint density at radius 3 is 2.43 bits per heavy atom. The van der Waals surface area contributed by atoms with Crippen LogP contribution in [0.1, 0.15) is 12.8 Å². The third-order valence-corrected chi connectivity index (χ3v) is 3.53. The van der Waals surface area contributed by atoms with Gasteiger partial charge >= 0.3 is 5.51 Å². The topological polar surface area (TPSA) is 92.0 Å². The molecule has 2 rings (SSSR count). The number of thioether (sulfide) groups is 1. The van der Waals surface area contributed by atoms with Gasteiger partial charge in [0.25, 0.3) is 0 Å². The lowest BCUT2D eigenvalue weighted by Gasteiger charge is -2.16. The van der Waals surface area contributed by atoms with Gasteiger partial charge in [-0.1, -0.05) is 0 Å². The van der Waals surface area contributed by atoms with Gasteiger partial charge in [-0.15, -0.1) is 0 Å². The number of aromatic nitrogens is 3. The molecule has 1 aliphatic rings. The summed E-state index contributed by atoms with van der Waals surface area (Å²) in [6, 6.07) is 0. The quantitative estimate of drug-likeness (QED) is 0.411. The molecule has 21 heavy (non-hydrogen) atoms. The van der Waals surface area contributed by atoms with Gasteiger partial charge in [0.15, 0.2) is 0 Å². The van der Waals surface area contributed by atoms with Crippen LogP contribution in [0.25, 0.3) is 0 Å². The van der Waals surface area contributed by atoms with Crippen LogP contribution in [0.5, 0.6) is 0 Å². The van der Waals surface area contributed by atoms with Crippen LogP contribution in [0.2, 0.25) is 0 Å². The van der Waals surface area contributed by atoms with E-state index in [0.29, 0.717) is 5.95 Å². The van der Waals surface area contributed by atoms with Crippen molar-refractivity contribution in [1.82, 2.24) is 15.0 Å². The highest BCUT2D eigenvalue weighted by atomic mass is 32.2. The molecule has 7 nitrogen and oxygen atoms in total. The van der Waals surface area contributed by atoms with Crippen molar-refractivity contribution < 1.29 is 13.2 Å². The molecule has 118 valence electrons. The zero-order valence-electron chi connectivity index (χ0n) is 11.2. The molecule has 0 amide bonds. The summed E-state index contributed by atoms with van der Waals surface area (Å²) >= 11 is -0.0921. The number of nitrogens with two attached hydrogens (primary N) is 1. The Morgan fingerprint density at radius 1 is 1.14 bits per heavy atom. The summed E-state index contributed by atoms with van der Waals surface area (Å²) in [6.07, 6.45) is 2.12. The van der Waals surface area contributed by atoms with E-state index >= 15 is 0 Å². The average molecular weight is 323 g/mol. The van der Waals surface area contributed by atoms with Crippen LogP contribution in [0.15, 0.2) is 0 Å².